The molecule has 0 spiro atoms. The van der Waals surface area contributed by atoms with E-state index in [1.807, 2.05) is 12.1 Å². The number of hydrogen-bond donors (Lipinski definition) is 0. The van der Waals surface area contributed by atoms with Crippen LogP contribution in [0, 0.1) is 0 Å². The molecular formula is C10H6Cl3NO. The van der Waals surface area contributed by atoms with Gasteiger partial charge >= 0.3 is 0 Å². The Labute approximate surface area is 102 Å². The Balaban J connectivity index is 2.33. The molecule has 1 heterocycles. The maximum atomic E-state index is 5.77. The Hall–Kier alpha value is -0.700. The van der Waals surface area contributed by atoms with Crippen molar-refractivity contribution in [3.05, 3.63) is 41.0 Å². The van der Waals surface area contributed by atoms with E-state index in [9.17, 15) is 0 Å². The van der Waals surface area contributed by atoms with Gasteiger partial charge in [-0.1, -0.05) is 40.0 Å². The van der Waals surface area contributed by atoms with Gasteiger partial charge < -0.3 is 4.52 Å². The number of rotatable bonds is 2. The molecule has 0 amide bonds. The van der Waals surface area contributed by atoms with Crippen LogP contribution in [-0.2, 0) is 0 Å². The van der Waals surface area contributed by atoms with Crippen LogP contribution in [0.1, 0.15) is 10.5 Å². The van der Waals surface area contributed by atoms with Gasteiger partial charge in [0.15, 0.2) is 10.6 Å². The second kappa shape index (κ2) is 4.44. The minimum atomic E-state index is -0.671. The molecular weight excluding hydrogens is 256 g/mol. The lowest BCUT2D eigenvalue weighted by molar-refractivity contribution is 0.426. The van der Waals surface area contributed by atoms with Gasteiger partial charge in [-0.15, -0.1) is 0 Å². The molecule has 1 aromatic heterocycles. The van der Waals surface area contributed by atoms with Crippen LogP contribution in [0.5, 0.6) is 0 Å². The summed E-state index contributed by atoms with van der Waals surface area (Å²) in [6.07, 6.45) is 0. The first-order valence-electron chi connectivity index (χ1n) is 4.17. The second-order valence-corrected chi connectivity index (χ2v) is 4.46. The van der Waals surface area contributed by atoms with Crippen molar-refractivity contribution in [2.75, 3.05) is 0 Å². The highest BCUT2D eigenvalue weighted by Gasteiger charge is 2.11. The first kappa shape index (κ1) is 10.8. The van der Waals surface area contributed by atoms with E-state index in [1.165, 1.54) is 0 Å². The Kier molecular flexibility index (Phi) is 3.19. The zero-order chi connectivity index (χ0) is 10.8. The van der Waals surface area contributed by atoms with Crippen LogP contribution in [0.4, 0.5) is 0 Å². The highest BCUT2D eigenvalue weighted by molar-refractivity contribution is 6.43. The van der Waals surface area contributed by atoms with E-state index in [4.69, 9.17) is 39.3 Å². The molecule has 0 atom stereocenters. The Morgan fingerprint density at radius 1 is 1.13 bits per heavy atom. The molecule has 2 rings (SSSR count). The van der Waals surface area contributed by atoms with Gasteiger partial charge in [-0.3, -0.25) is 0 Å². The van der Waals surface area contributed by atoms with Gasteiger partial charge in [0.2, 0.25) is 0 Å². The molecule has 5 heteroatoms. The summed E-state index contributed by atoms with van der Waals surface area (Å²) in [5, 5.41) is 4.41. The molecule has 2 nitrogen and oxygen atoms in total. The van der Waals surface area contributed by atoms with Crippen molar-refractivity contribution in [2.24, 2.45) is 0 Å². The van der Waals surface area contributed by atoms with Gasteiger partial charge in [0.1, 0.15) is 5.69 Å². The van der Waals surface area contributed by atoms with Crippen LogP contribution in [0.15, 0.2) is 34.9 Å². The van der Waals surface area contributed by atoms with Gasteiger partial charge in [0.25, 0.3) is 0 Å². The summed E-state index contributed by atoms with van der Waals surface area (Å²) in [6.45, 7) is 0. The molecule has 0 aliphatic heterocycles. The van der Waals surface area contributed by atoms with Gasteiger partial charge in [0, 0.05) is 16.7 Å². The normalized spacial score (nSPS) is 10.9. The van der Waals surface area contributed by atoms with Crippen LogP contribution < -0.4 is 0 Å². The smallest absolute Gasteiger partial charge is 0.167 e. The maximum Gasteiger partial charge on any atom is 0.167 e. The molecule has 0 aliphatic carbocycles. The van der Waals surface area contributed by atoms with Crippen molar-refractivity contribution >= 4 is 34.8 Å². The Morgan fingerprint density at radius 3 is 2.33 bits per heavy atom. The van der Waals surface area contributed by atoms with Gasteiger partial charge in [-0.2, -0.15) is 0 Å². The SMILES string of the molecule is Clc1ccc(-c2cc(C(Cl)Cl)no2)cc1. The fourth-order valence-corrected chi connectivity index (χ4v) is 1.47. The first-order chi connectivity index (χ1) is 7.16. The summed E-state index contributed by atoms with van der Waals surface area (Å²) in [5.74, 6) is 0.618. The van der Waals surface area contributed by atoms with Gasteiger partial charge in [-0.05, 0) is 24.3 Å². The summed E-state index contributed by atoms with van der Waals surface area (Å²) >= 11 is 17.1. The molecule has 0 saturated carbocycles. The lowest BCUT2D eigenvalue weighted by atomic mass is 10.2. The van der Waals surface area contributed by atoms with Crippen molar-refractivity contribution in [3.8, 4) is 11.3 Å². The molecule has 0 unspecified atom stereocenters. The molecule has 2 aromatic rings. The van der Waals surface area contributed by atoms with Gasteiger partial charge in [0.05, 0.1) is 0 Å². The van der Waals surface area contributed by atoms with E-state index in [0.29, 0.717) is 16.5 Å². The van der Waals surface area contributed by atoms with E-state index in [2.05, 4.69) is 5.16 Å². The highest BCUT2D eigenvalue weighted by Crippen LogP contribution is 2.28. The van der Waals surface area contributed by atoms with E-state index in [0.717, 1.165) is 5.56 Å². The molecule has 1 aromatic carbocycles. The minimum Gasteiger partial charge on any atom is -0.356 e. The molecule has 15 heavy (non-hydrogen) atoms. The molecule has 0 fully saturated rings. The zero-order valence-electron chi connectivity index (χ0n) is 7.45. The minimum absolute atomic E-state index is 0.503. The first-order valence-corrected chi connectivity index (χ1v) is 5.42. The fraction of sp³-hybridized carbons (Fsp3) is 0.100. The lowest BCUT2D eigenvalue weighted by Crippen LogP contribution is -1.77. The summed E-state index contributed by atoms with van der Waals surface area (Å²) < 4.78 is 5.09. The van der Waals surface area contributed by atoms with Crippen LogP contribution in [0.2, 0.25) is 5.02 Å². The molecule has 0 saturated heterocycles. The van der Waals surface area contributed by atoms with Crippen LogP contribution >= 0.6 is 34.8 Å². The molecule has 0 bridgehead atoms. The molecule has 0 aliphatic rings. The largest absolute Gasteiger partial charge is 0.356 e. The number of alkyl halides is 2. The monoisotopic (exact) mass is 261 g/mol. The fourth-order valence-electron chi connectivity index (χ4n) is 1.14. The third-order valence-electron chi connectivity index (χ3n) is 1.88. The zero-order valence-corrected chi connectivity index (χ0v) is 9.72. The second-order valence-electron chi connectivity index (χ2n) is 2.92. The summed E-state index contributed by atoms with van der Waals surface area (Å²) in [5.41, 5.74) is 1.38. The van der Waals surface area contributed by atoms with Crippen molar-refractivity contribution in [3.63, 3.8) is 0 Å². The number of nitrogens with zero attached hydrogens (tertiary/aromatic N) is 1. The predicted octanol–water partition coefficient (Wildman–Crippen LogP) is 4.47. The average Bonchev–Trinajstić information content (AvgIpc) is 2.68. The summed E-state index contributed by atoms with van der Waals surface area (Å²) in [4.78, 5) is -0.671. The Morgan fingerprint density at radius 2 is 1.80 bits per heavy atom. The Bertz CT molecular complexity index is 450. The van der Waals surface area contributed by atoms with Crippen molar-refractivity contribution in [2.45, 2.75) is 4.84 Å². The van der Waals surface area contributed by atoms with Crippen molar-refractivity contribution in [1.82, 2.24) is 5.16 Å². The van der Waals surface area contributed by atoms with Crippen LogP contribution in [0.25, 0.3) is 11.3 Å². The van der Waals surface area contributed by atoms with Crippen LogP contribution in [0.3, 0.4) is 0 Å². The van der Waals surface area contributed by atoms with Crippen molar-refractivity contribution < 1.29 is 4.52 Å². The topological polar surface area (TPSA) is 26.0 Å². The van der Waals surface area contributed by atoms with E-state index in [1.54, 1.807) is 18.2 Å². The average molecular weight is 263 g/mol. The quantitative estimate of drug-likeness (QED) is 0.746. The van der Waals surface area contributed by atoms with E-state index in [-0.39, 0.29) is 0 Å². The number of aromatic nitrogens is 1. The lowest BCUT2D eigenvalue weighted by Gasteiger charge is -1.94. The van der Waals surface area contributed by atoms with Crippen molar-refractivity contribution in [1.29, 1.82) is 0 Å². The molecule has 0 radical (unpaired) electrons. The third kappa shape index (κ3) is 2.46. The van der Waals surface area contributed by atoms with Gasteiger partial charge in [-0.25, -0.2) is 0 Å². The summed E-state index contributed by atoms with van der Waals surface area (Å²) in [7, 11) is 0. The van der Waals surface area contributed by atoms with Crippen LogP contribution in [-0.4, -0.2) is 5.16 Å². The maximum absolute atomic E-state index is 5.77. The predicted molar refractivity (Wildman–Crippen MR) is 61.4 cm³/mol. The molecule has 78 valence electrons. The number of benzene rings is 1. The standard InChI is InChI=1S/C10H6Cl3NO/c11-7-3-1-6(2-4-7)9-5-8(10(12)13)14-15-9/h1-5,10H. The number of halogens is 3. The summed E-state index contributed by atoms with van der Waals surface area (Å²) in [6, 6.07) is 8.93. The third-order valence-corrected chi connectivity index (χ3v) is 2.58. The number of hydrogen-bond acceptors (Lipinski definition) is 2. The van der Waals surface area contributed by atoms with E-state index >= 15 is 0 Å². The highest BCUT2D eigenvalue weighted by atomic mass is 35.5. The molecule has 0 N–H and O–H groups in total. The van der Waals surface area contributed by atoms with E-state index < -0.39 is 4.84 Å².